The van der Waals surface area contributed by atoms with Crippen LogP contribution < -0.4 is 10.4 Å². The second-order valence-electron chi connectivity index (χ2n) is 13.5. The summed E-state index contributed by atoms with van der Waals surface area (Å²) in [5.74, 6) is -0.315. The molecule has 0 saturated carbocycles. The van der Waals surface area contributed by atoms with Gasteiger partial charge in [-0.15, -0.1) is 0 Å². The van der Waals surface area contributed by atoms with Crippen LogP contribution in [0.15, 0.2) is 96.2 Å². The number of nitrogens with zero attached hydrogens (tertiary/aromatic N) is 4. The first-order chi connectivity index (χ1) is 20.1. The summed E-state index contributed by atoms with van der Waals surface area (Å²) in [7, 11) is -9.35. The second-order valence-corrected chi connectivity index (χ2v) is 24.5. The topological polar surface area (TPSA) is 96.2 Å². The van der Waals surface area contributed by atoms with Crippen LogP contribution in [0.3, 0.4) is 0 Å². The molecule has 11 heteroatoms. The summed E-state index contributed by atoms with van der Waals surface area (Å²) in [5, 5.41) is 13.3. The molecule has 1 heterocycles. The van der Waals surface area contributed by atoms with Gasteiger partial charge in [0, 0.05) is 0 Å². The summed E-state index contributed by atoms with van der Waals surface area (Å²) in [6.07, 6.45) is -0.742. The van der Waals surface area contributed by atoms with Crippen molar-refractivity contribution < 1.29 is 17.3 Å². The van der Waals surface area contributed by atoms with Crippen LogP contribution in [0.4, 0.5) is 0 Å². The zero-order chi connectivity index (χ0) is 31.5. The molecule has 0 N–H and O–H groups in total. The first-order valence-electron chi connectivity index (χ1n) is 14.6. The van der Waals surface area contributed by atoms with E-state index in [1.54, 1.807) is 12.1 Å². The van der Waals surface area contributed by atoms with Crippen molar-refractivity contribution in [1.29, 1.82) is 0 Å². The van der Waals surface area contributed by atoms with Gasteiger partial charge in [0.2, 0.25) is 9.84 Å². The number of benzene rings is 3. The zero-order valence-electron chi connectivity index (χ0n) is 26.5. The standard InChI is InChI=1S/C32H44N4O4SSi2/c1-31(2,3)42(7,8)40-27(25-41(37,38)30-33-34-35-36(30)26-18-12-9-13-19-26)24-39-43(32(4,5)6,28-20-14-10-15-21-28)29-22-16-11-17-23-29/h9-23,27H,24-25H2,1-8H3/t27-/m1/s1. The van der Waals surface area contributed by atoms with Gasteiger partial charge in [0.05, 0.1) is 24.2 Å². The van der Waals surface area contributed by atoms with Crippen LogP contribution in [0.2, 0.25) is 23.2 Å². The molecule has 1 aromatic heterocycles. The molecule has 0 aliphatic heterocycles. The highest BCUT2D eigenvalue weighted by Crippen LogP contribution is 2.39. The minimum absolute atomic E-state index is 0.103. The summed E-state index contributed by atoms with van der Waals surface area (Å²) < 4.78 is 43.3. The van der Waals surface area contributed by atoms with Crippen molar-refractivity contribution in [3.63, 3.8) is 0 Å². The third kappa shape index (κ3) is 7.07. The first kappa shape index (κ1) is 32.9. The van der Waals surface area contributed by atoms with Crippen molar-refractivity contribution in [3.05, 3.63) is 91.0 Å². The molecule has 0 bridgehead atoms. The van der Waals surface area contributed by atoms with Crippen LogP contribution in [0.25, 0.3) is 5.69 Å². The van der Waals surface area contributed by atoms with Crippen molar-refractivity contribution in [2.45, 2.75) is 76.0 Å². The quantitative estimate of drug-likeness (QED) is 0.203. The van der Waals surface area contributed by atoms with Crippen LogP contribution in [0.5, 0.6) is 0 Å². The molecule has 8 nitrogen and oxygen atoms in total. The lowest BCUT2D eigenvalue weighted by Gasteiger charge is -2.45. The highest BCUT2D eigenvalue weighted by atomic mass is 32.2. The highest BCUT2D eigenvalue weighted by molar-refractivity contribution is 7.91. The van der Waals surface area contributed by atoms with Gasteiger partial charge in [0.1, 0.15) is 0 Å². The number of aromatic nitrogens is 4. The van der Waals surface area contributed by atoms with E-state index in [4.69, 9.17) is 8.85 Å². The Bertz CT molecular complexity index is 1550. The van der Waals surface area contributed by atoms with Gasteiger partial charge in [-0.05, 0) is 56.1 Å². The van der Waals surface area contributed by atoms with Crippen molar-refractivity contribution in [2.24, 2.45) is 0 Å². The normalized spacial score (nSPS) is 14.0. The summed E-state index contributed by atoms with van der Waals surface area (Å²) in [6.45, 7) is 17.4. The van der Waals surface area contributed by atoms with Gasteiger partial charge >= 0.3 is 0 Å². The lowest BCUT2D eigenvalue weighted by atomic mass is 10.2. The number of sulfone groups is 1. The maximum Gasteiger partial charge on any atom is 0.272 e. The monoisotopic (exact) mass is 636 g/mol. The molecule has 0 unspecified atom stereocenters. The molecule has 4 aromatic rings. The van der Waals surface area contributed by atoms with Crippen LogP contribution in [0, 0.1) is 0 Å². The summed E-state index contributed by atoms with van der Waals surface area (Å²) in [5.41, 5.74) is 0.566. The molecule has 43 heavy (non-hydrogen) atoms. The molecule has 3 aromatic carbocycles. The maximum atomic E-state index is 14.0. The molecule has 4 rings (SSSR count). The van der Waals surface area contributed by atoms with Gasteiger partial charge < -0.3 is 8.85 Å². The summed E-state index contributed by atoms with van der Waals surface area (Å²) >= 11 is 0. The van der Waals surface area contributed by atoms with Gasteiger partial charge in [0.15, 0.2) is 8.32 Å². The minimum Gasteiger partial charge on any atom is -0.411 e. The van der Waals surface area contributed by atoms with Crippen LogP contribution in [-0.4, -0.2) is 63.7 Å². The molecular formula is C32H44N4O4SSi2. The Labute approximate surface area is 258 Å². The van der Waals surface area contributed by atoms with Crippen molar-refractivity contribution in [1.82, 2.24) is 20.2 Å². The molecule has 0 spiro atoms. The number of hydrogen-bond acceptors (Lipinski definition) is 7. The molecule has 0 aliphatic carbocycles. The Morgan fingerprint density at radius 3 is 1.72 bits per heavy atom. The number of tetrazole rings is 1. The smallest absolute Gasteiger partial charge is 0.272 e. The van der Waals surface area contributed by atoms with Crippen molar-refractivity contribution in [2.75, 3.05) is 12.4 Å². The third-order valence-electron chi connectivity index (χ3n) is 8.30. The van der Waals surface area contributed by atoms with Gasteiger partial charge in [-0.3, -0.25) is 0 Å². The fraction of sp³-hybridized carbons (Fsp3) is 0.406. The molecular weight excluding hydrogens is 593 g/mol. The molecule has 1 atom stereocenters. The van der Waals surface area contributed by atoms with E-state index in [1.165, 1.54) is 4.68 Å². The van der Waals surface area contributed by atoms with E-state index in [0.29, 0.717) is 5.69 Å². The number of para-hydroxylation sites is 1. The highest BCUT2D eigenvalue weighted by Gasteiger charge is 2.51. The van der Waals surface area contributed by atoms with Crippen LogP contribution >= 0.6 is 0 Å². The molecule has 0 radical (unpaired) electrons. The Balaban J connectivity index is 1.77. The van der Waals surface area contributed by atoms with E-state index in [9.17, 15) is 8.42 Å². The Morgan fingerprint density at radius 1 is 0.767 bits per heavy atom. The number of hydrogen-bond donors (Lipinski definition) is 0. The van der Waals surface area contributed by atoms with E-state index in [2.05, 4.69) is 94.4 Å². The second kappa shape index (κ2) is 12.6. The van der Waals surface area contributed by atoms with Crippen LogP contribution in [-0.2, 0) is 18.7 Å². The number of rotatable bonds is 11. The van der Waals surface area contributed by atoms with E-state index in [1.807, 2.05) is 54.6 Å². The zero-order valence-corrected chi connectivity index (χ0v) is 29.3. The van der Waals surface area contributed by atoms with Gasteiger partial charge in [-0.1, -0.05) is 126 Å². The van der Waals surface area contributed by atoms with Crippen LogP contribution in [0.1, 0.15) is 41.5 Å². The van der Waals surface area contributed by atoms with E-state index in [0.717, 1.165) is 10.4 Å². The predicted molar refractivity (Wildman–Crippen MR) is 177 cm³/mol. The van der Waals surface area contributed by atoms with Crippen molar-refractivity contribution in [3.8, 4) is 5.69 Å². The minimum atomic E-state index is -3.99. The van der Waals surface area contributed by atoms with Gasteiger partial charge in [-0.2, -0.15) is 4.68 Å². The first-order valence-corrected chi connectivity index (χ1v) is 21.0. The fourth-order valence-electron chi connectivity index (χ4n) is 5.11. The fourth-order valence-corrected chi connectivity index (χ4v) is 12.5. The molecule has 0 amide bonds. The summed E-state index contributed by atoms with van der Waals surface area (Å²) in [4.78, 5) is 0. The van der Waals surface area contributed by atoms with E-state index < -0.39 is 32.6 Å². The average molecular weight is 637 g/mol. The van der Waals surface area contributed by atoms with Gasteiger partial charge in [-0.25, -0.2) is 8.42 Å². The lowest BCUT2D eigenvalue weighted by molar-refractivity contribution is 0.125. The maximum absolute atomic E-state index is 14.0. The SMILES string of the molecule is CC(C)(C)[Si](C)(C)O[C@H](CO[Si](c1ccccc1)(c1ccccc1)C(C)(C)C)CS(=O)(=O)c1nnnn1-c1ccccc1. The molecule has 0 aliphatic rings. The largest absolute Gasteiger partial charge is 0.411 e. The Morgan fingerprint density at radius 2 is 1.26 bits per heavy atom. The predicted octanol–water partition coefficient (Wildman–Crippen LogP) is 5.40. The lowest BCUT2D eigenvalue weighted by Crippen LogP contribution is -2.67. The van der Waals surface area contributed by atoms with Crippen molar-refractivity contribution >= 4 is 36.8 Å². The van der Waals surface area contributed by atoms with E-state index >= 15 is 0 Å². The molecule has 0 saturated heterocycles. The third-order valence-corrected chi connectivity index (χ3v) is 19.5. The molecule has 0 fully saturated rings. The van der Waals surface area contributed by atoms with Gasteiger partial charge in [0.25, 0.3) is 13.5 Å². The summed E-state index contributed by atoms with van der Waals surface area (Å²) in [6, 6.07) is 29.7. The van der Waals surface area contributed by atoms with E-state index in [-0.39, 0.29) is 27.6 Å². The average Bonchev–Trinajstić information content (AvgIpc) is 3.45. The Kier molecular flexibility index (Phi) is 9.63. The molecule has 230 valence electrons. The Hall–Kier alpha value is -2.97.